The van der Waals surface area contributed by atoms with Crippen LogP contribution in [0.25, 0.3) is 0 Å². The average Bonchev–Trinajstić information content (AvgIpc) is 2.99. The lowest BCUT2D eigenvalue weighted by atomic mass is 10.0. The first-order valence-electron chi connectivity index (χ1n) is 13.7. The van der Waals surface area contributed by atoms with E-state index in [4.69, 9.17) is 36.4 Å². The summed E-state index contributed by atoms with van der Waals surface area (Å²) >= 11 is 0. The first kappa shape index (κ1) is 37.5. The molecule has 1 aromatic heterocycles. The molecule has 3 aromatic rings. The SMILES string of the molecule is CCOc1cc(C(Nc2ccc(C(=N)N)cc2)C(=O)N(N)C(=O)c2ccncc2NC(C)=O)ccc1OC(C)C.O=C(O)C(F)(F)F. The van der Waals surface area contributed by atoms with Crippen LogP contribution in [0.5, 0.6) is 11.5 Å². The number of aliphatic carboxylic acids is 1. The number of aromatic nitrogens is 1. The fourth-order valence-corrected chi connectivity index (χ4v) is 3.76. The van der Waals surface area contributed by atoms with E-state index in [1.54, 1.807) is 42.5 Å². The number of rotatable bonds is 11. The zero-order valence-electron chi connectivity index (χ0n) is 25.7. The van der Waals surface area contributed by atoms with Crippen molar-refractivity contribution in [1.29, 1.82) is 5.41 Å². The maximum atomic E-state index is 13.8. The Balaban J connectivity index is 0.000000984. The van der Waals surface area contributed by atoms with Gasteiger partial charge in [-0.2, -0.15) is 13.2 Å². The molecule has 0 spiro atoms. The van der Waals surface area contributed by atoms with Crippen LogP contribution < -0.4 is 31.7 Å². The number of halogens is 3. The number of alkyl halides is 3. The Hall–Kier alpha value is -5.71. The van der Waals surface area contributed by atoms with Gasteiger partial charge in [0.05, 0.1) is 30.2 Å². The summed E-state index contributed by atoms with van der Waals surface area (Å²) in [6.07, 6.45) is -2.55. The van der Waals surface area contributed by atoms with E-state index in [9.17, 15) is 27.6 Å². The Morgan fingerprint density at radius 1 is 1.06 bits per heavy atom. The molecule has 3 rings (SSSR count). The zero-order valence-corrected chi connectivity index (χ0v) is 25.7. The summed E-state index contributed by atoms with van der Waals surface area (Å²) in [7, 11) is 0. The topological polar surface area (TPSA) is 223 Å². The first-order valence-corrected chi connectivity index (χ1v) is 13.7. The Morgan fingerprint density at radius 2 is 1.68 bits per heavy atom. The van der Waals surface area contributed by atoms with Crippen molar-refractivity contribution in [3.05, 3.63) is 77.6 Å². The number of pyridine rings is 1. The highest BCUT2D eigenvalue weighted by Crippen LogP contribution is 2.33. The molecule has 1 unspecified atom stereocenters. The quantitative estimate of drug-likeness (QED) is 0.0569. The summed E-state index contributed by atoms with van der Waals surface area (Å²) in [4.78, 5) is 51.6. The zero-order chi connectivity index (χ0) is 35.5. The first-order chi connectivity index (χ1) is 22.0. The van der Waals surface area contributed by atoms with Crippen molar-refractivity contribution in [3.8, 4) is 11.5 Å². The Bertz CT molecular complexity index is 1600. The largest absolute Gasteiger partial charge is 0.490 e. The molecule has 8 N–H and O–H groups in total. The van der Waals surface area contributed by atoms with Gasteiger partial charge in [0.2, 0.25) is 5.91 Å². The number of imide groups is 1. The number of anilines is 2. The minimum absolute atomic E-state index is 0.0127. The molecule has 0 saturated heterocycles. The molecule has 1 atom stereocenters. The number of hydrogen-bond donors (Lipinski definition) is 6. The number of amides is 3. The lowest BCUT2D eigenvalue weighted by Crippen LogP contribution is -2.47. The van der Waals surface area contributed by atoms with Crippen LogP contribution in [0.15, 0.2) is 60.9 Å². The third-order valence-electron chi connectivity index (χ3n) is 5.78. The Labute approximate surface area is 267 Å². The summed E-state index contributed by atoms with van der Waals surface area (Å²) in [6, 6.07) is 11.8. The van der Waals surface area contributed by atoms with Crippen molar-refractivity contribution in [2.24, 2.45) is 11.6 Å². The van der Waals surface area contributed by atoms with Gasteiger partial charge in [0.1, 0.15) is 11.9 Å². The van der Waals surface area contributed by atoms with E-state index >= 15 is 0 Å². The second-order valence-electron chi connectivity index (χ2n) is 9.79. The van der Waals surface area contributed by atoms with Gasteiger partial charge in [0, 0.05) is 24.4 Å². The molecule has 14 nitrogen and oxygen atoms in total. The highest BCUT2D eigenvalue weighted by molar-refractivity contribution is 6.10. The van der Waals surface area contributed by atoms with Crippen molar-refractivity contribution in [2.75, 3.05) is 17.2 Å². The number of nitrogen functional groups attached to an aromatic ring is 1. The standard InChI is InChI=1S/C28H33N7O5.C2HF3O2/c1-5-39-24-14-19(8-11-23(24)40-16(2)3)25(34-20-9-6-18(7-10-20)26(29)30)28(38)35(31)27(37)21-12-13-32-15-22(21)33-17(4)36;3-2(4,5)1(6)7/h6-16,25,34H,5,31H2,1-4H3,(H3,29,30)(H,33,36);(H,6,7). The predicted octanol–water partition coefficient (Wildman–Crippen LogP) is 3.84. The van der Waals surface area contributed by atoms with Gasteiger partial charge in [-0.3, -0.25) is 24.8 Å². The molecule has 252 valence electrons. The Morgan fingerprint density at radius 3 is 2.19 bits per heavy atom. The van der Waals surface area contributed by atoms with Crippen LogP contribution in [0, 0.1) is 5.41 Å². The molecule has 2 aromatic carbocycles. The van der Waals surface area contributed by atoms with Crippen LogP contribution in [0.4, 0.5) is 24.5 Å². The molecular formula is C30H34F3N7O7. The fraction of sp³-hybridized carbons (Fsp3) is 0.267. The molecule has 0 radical (unpaired) electrons. The normalized spacial score (nSPS) is 11.3. The number of nitrogens with one attached hydrogen (secondary N) is 3. The minimum Gasteiger partial charge on any atom is -0.490 e. The van der Waals surface area contributed by atoms with Crippen LogP contribution >= 0.6 is 0 Å². The highest BCUT2D eigenvalue weighted by atomic mass is 19.4. The second kappa shape index (κ2) is 16.6. The fourth-order valence-electron chi connectivity index (χ4n) is 3.76. The number of carbonyl (C=O) groups is 4. The monoisotopic (exact) mass is 661 g/mol. The van der Waals surface area contributed by atoms with E-state index in [0.717, 1.165) is 0 Å². The second-order valence-corrected chi connectivity index (χ2v) is 9.79. The molecule has 0 aliphatic heterocycles. The molecule has 0 fully saturated rings. The number of amidine groups is 1. The van der Waals surface area contributed by atoms with Crippen LogP contribution in [-0.4, -0.2) is 63.5 Å². The van der Waals surface area contributed by atoms with Crippen molar-refractivity contribution in [2.45, 2.75) is 46.0 Å². The summed E-state index contributed by atoms with van der Waals surface area (Å²) in [5, 5.41) is 20.9. The number of carboxylic acid groups (broad SMARTS) is 1. The van der Waals surface area contributed by atoms with Gasteiger partial charge < -0.3 is 30.9 Å². The van der Waals surface area contributed by atoms with Crippen molar-refractivity contribution < 1.29 is 46.9 Å². The number of nitrogens with two attached hydrogens (primary N) is 2. The minimum atomic E-state index is -5.08. The van der Waals surface area contributed by atoms with Gasteiger partial charge in [-0.15, -0.1) is 0 Å². The van der Waals surface area contributed by atoms with Gasteiger partial charge >= 0.3 is 12.1 Å². The molecule has 0 aliphatic rings. The van der Waals surface area contributed by atoms with E-state index in [1.807, 2.05) is 20.8 Å². The van der Waals surface area contributed by atoms with Crippen molar-refractivity contribution >= 4 is 40.9 Å². The molecular weight excluding hydrogens is 627 g/mol. The van der Waals surface area contributed by atoms with E-state index < -0.39 is 35.9 Å². The van der Waals surface area contributed by atoms with E-state index in [0.29, 0.717) is 39.9 Å². The summed E-state index contributed by atoms with van der Waals surface area (Å²) in [6.45, 7) is 7.23. The number of nitrogens with zero attached hydrogens (tertiary/aromatic N) is 2. The molecule has 0 aliphatic carbocycles. The summed E-state index contributed by atoms with van der Waals surface area (Å²) < 4.78 is 43.3. The number of ether oxygens (including phenoxy) is 2. The van der Waals surface area contributed by atoms with Crippen molar-refractivity contribution in [1.82, 2.24) is 9.99 Å². The van der Waals surface area contributed by atoms with E-state index in [2.05, 4.69) is 15.6 Å². The molecule has 17 heteroatoms. The number of benzene rings is 2. The van der Waals surface area contributed by atoms with Crippen LogP contribution in [-0.2, 0) is 14.4 Å². The number of carbonyl (C=O) groups excluding carboxylic acids is 3. The average molecular weight is 662 g/mol. The van der Waals surface area contributed by atoms with Crippen LogP contribution in [0.3, 0.4) is 0 Å². The molecule has 0 saturated carbocycles. The van der Waals surface area contributed by atoms with Crippen molar-refractivity contribution in [3.63, 3.8) is 0 Å². The number of hydrogen-bond acceptors (Lipinski definition) is 10. The molecule has 1 heterocycles. The van der Waals surface area contributed by atoms with Gasteiger partial charge in [-0.05, 0) is 68.8 Å². The lowest BCUT2D eigenvalue weighted by molar-refractivity contribution is -0.192. The van der Waals surface area contributed by atoms with Gasteiger partial charge in [0.25, 0.3) is 11.8 Å². The highest BCUT2D eigenvalue weighted by Gasteiger charge is 2.38. The number of hydrazine groups is 1. The van der Waals surface area contributed by atoms with E-state index in [1.165, 1.54) is 25.4 Å². The summed E-state index contributed by atoms with van der Waals surface area (Å²) in [5.41, 5.74) is 7.11. The molecule has 3 amide bonds. The third kappa shape index (κ3) is 11.0. The smallest absolute Gasteiger partial charge is 0.490 e. The predicted molar refractivity (Wildman–Crippen MR) is 165 cm³/mol. The lowest BCUT2D eigenvalue weighted by Gasteiger charge is -2.25. The number of carboxylic acids is 1. The van der Waals surface area contributed by atoms with E-state index in [-0.39, 0.29) is 23.2 Å². The van der Waals surface area contributed by atoms with Gasteiger partial charge in [-0.1, -0.05) is 6.07 Å². The summed E-state index contributed by atoms with van der Waals surface area (Å²) in [5.74, 6) is 2.10. The Kier molecular flexibility index (Phi) is 13.2. The van der Waals surface area contributed by atoms with Gasteiger partial charge in [-0.25, -0.2) is 15.6 Å². The maximum Gasteiger partial charge on any atom is 0.490 e. The maximum absolute atomic E-state index is 13.8. The van der Waals surface area contributed by atoms with Gasteiger partial charge in [0.15, 0.2) is 11.5 Å². The third-order valence-corrected chi connectivity index (χ3v) is 5.78. The van der Waals surface area contributed by atoms with Crippen LogP contribution in [0.1, 0.15) is 55.2 Å². The molecule has 0 bridgehead atoms. The van der Waals surface area contributed by atoms with Crippen LogP contribution in [0.2, 0.25) is 0 Å². The molecule has 47 heavy (non-hydrogen) atoms.